The van der Waals surface area contributed by atoms with Crippen molar-refractivity contribution in [2.45, 2.75) is 59.6 Å². The smallest absolute Gasteiger partial charge is 0.407 e. The molecule has 1 N–H and O–H groups in total. The number of hydrogen-bond acceptors (Lipinski definition) is 3. The predicted octanol–water partition coefficient (Wildman–Crippen LogP) is 2.16. The molecule has 0 radical (unpaired) electrons. The van der Waals surface area contributed by atoms with Crippen LogP contribution in [-0.2, 0) is 9.53 Å². The SMILES string of the molecule is CCN(CCC(C)NC(=O)OC(C)(C)C)C(C)=O. The van der Waals surface area contributed by atoms with E-state index in [1.807, 2.05) is 34.6 Å². The van der Waals surface area contributed by atoms with Crippen LogP contribution in [0, 0.1) is 0 Å². The van der Waals surface area contributed by atoms with Crippen LogP contribution in [0.1, 0.15) is 48.0 Å². The Bertz CT molecular complexity index is 284. The molecule has 18 heavy (non-hydrogen) atoms. The third kappa shape index (κ3) is 7.92. The van der Waals surface area contributed by atoms with E-state index in [2.05, 4.69) is 5.32 Å². The van der Waals surface area contributed by atoms with Gasteiger partial charge in [-0.3, -0.25) is 4.79 Å². The minimum Gasteiger partial charge on any atom is -0.444 e. The van der Waals surface area contributed by atoms with Crippen LogP contribution in [0.15, 0.2) is 0 Å². The molecule has 1 unspecified atom stereocenters. The molecule has 2 amide bonds. The largest absolute Gasteiger partial charge is 0.444 e. The van der Waals surface area contributed by atoms with E-state index in [4.69, 9.17) is 4.74 Å². The fourth-order valence-corrected chi connectivity index (χ4v) is 1.47. The van der Waals surface area contributed by atoms with Gasteiger partial charge in [0.2, 0.25) is 5.91 Å². The maximum Gasteiger partial charge on any atom is 0.407 e. The second-order valence-electron chi connectivity index (χ2n) is 5.43. The van der Waals surface area contributed by atoms with Gasteiger partial charge in [0.05, 0.1) is 0 Å². The summed E-state index contributed by atoms with van der Waals surface area (Å²) in [4.78, 5) is 24.5. The molecule has 0 saturated carbocycles. The van der Waals surface area contributed by atoms with Crippen LogP contribution in [0.5, 0.6) is 0 Å². The van der Waals surface area contributed by atoms with Gasteiger partial charge in [0.15, 0.2) is 0 Å². The third-order valence-electron chi connectivity index (χ3n) is 2.42. The van der Waals surface area contributed by atoms with Gasteiger partial charge in [0, 0.05) is 26.1 Å². The maximum atomic E-state index is 11.5. The first-order valence-electron chi connectivity index (χ1n) is 6.40. The first-order chi connectivity index (χ1) is 8.15. The number of alkyl carbamates (subject to hydrolysis) is 1. The zero-order chi connectivity index (χ0) is 14.3. The molecule has 5 nitrogen and oxygen atoms in total. The van der Waals surface area contributed by atoms with Crippen molar-refractivity contribution in [1.29, 1.82) is 0 Å². The van der Waals surface area contributed by atoms with Crippen molar-refractivity contribution in [2.75, 3.05) is 13.1 Å². The van der Waals surface area contributed by atoms with Crippen LogP contribution < -0.4 is 5.32 Å². The minimum atomic E-state index is -0.487. The summed E-state index contributed by atoms with van der Waals surface area (Å²) in [6, 6.07) is -0.0201. The Morgan fingerprint density at radius 2 is 1.89 bits per heavy atom. The molecule has 0 saturated heterocycles. The zero-order valence-corrected chi connectivity index (χ0v) is 12.4. The van der Waals surface area contributed by atoms with Gasteiger partial charge in [0.25, 0.3) is 0 Å². The van der Waals surface area contributed by atoms with Gasteiger partial charge in [-0.2, -0.15) is 0 Å². The van der Waals surface area contributed by atoms with Crippen molar-refractivity contribution in [3.05, 3.63) is 0 Å². The molecule has 0 aliphatic carbocycles. The molecular weight excluding hydrogens is 232 g/mol. The van der Waals surface area contributed by atoms with E-state index in [1.54, 1.807) is 11.8 Å². The molecule has 0 spiro atoms. The van der Waals surface area contributed by atoms with Crippen LogP contribution >= 0.6 is 0 Å². The highest BCUT2D eigenvalue weighted by atomic mass is 16.6. The van der Waals surface area contributed by atoms with Gasteiger partial charge in [-0.25, -0.2) is 4.79 Å². The maximum absolute atomic E-state index is 11.5. The Morgan fingerprint density at radius 3 is 2.28 bits per heavy atom. The van der Waals surface area contributed by atoms with Crippen molar-refractivity contribution in [3.8, 4) is 0 Å². The lowest BCUT2D eigenvalue weighted by molar-refractivity contribution is -0.128. The number of rotatable bonds is 5. The number of hydrogen-bond donors (Lipinski definition) is 1. The first-order valence-corrected chi connectivity index (χ1v) is 6.40. The number of nitrogens with one attached hydrogen (secondary N) is 1. The highest BCUT2D eigenvalue weighted by Gasteiger charge is 2.18. The van der Waals surface area contributed by atoms with Crippen LogP contribution in [0.3, 0.4) is 0 Å². The molecule has 5 heteroatoms. The molecule has 0 aromatic heterocycles. The van der Waals surface area contributed by atoms with Gasteiger partial charge in [-0.15, -0.1) is 0 Å². The van der Waals surface area contributed by atoms with E-state index in [0.29, 0.717) is 19.5 Å². The Kier molecular flexibility index (Phi) is 6.73. The molecule has 0 aliphatic rings. The zero-order valence-electron chi connectivity index (χ0n) is 12.4. The normalized spacial score (nSPS) is 12.8. The summed E-state index contributed by atoms with van der Waals surface area (Å²) in [5, 5.41) is 2.76. The first kappa shape index (κ1) is 16.7. The molecule has 0 heterocycles. The van der Waals surface area contributed by atoms with Crippen molar-refractivity contribution in [3.63, 3.8) is 0 Å². The summed E-state index contributed by atoms with van der Waals surface area (Å²) in [5.41, 5.74) is -0.487. The van der Waals surface area contributed by atoms with Crippen molar-refractivity contribution < 1.29 is 14.3 Å². The van der Waals surface area contributed by atoms with E-state index in [-0.39, 0.29) is 11.9 Å². The molecule has 0 aromatic rings. The summed E-state index contributed by atoms with van der Waals surface area (Å²) in [6.07, 6.45) is 0.299. The fraction of sp³-hybridized carbons (Fsp3) is 0.846. The number of nitrogens with zero attached hydrogens (tertiary/aromatic N) is 1. The predicted molar refractivity (Wildman–Crippen MR) is 71.4 cm³/mol. The second kappa shape index (κ2) is 7.24. The minimum absolute atomic E-state index is 0.0201. The molecule has 0 fully saturated rings. The lowest BCUT2D eigenvalue weighted by Gasteiger charge is -2.24. The Morgan fingerprint density at radius 1 is 1.33 bits per heavy atom. The fourth-order valence-electron chi connectivity index (χ4n) is 1.47. The summed E-state index contributed by atoms with van der Waals surface area (Å²) < 4.78 is 5.16. The lowest BCUT2D eigenvalue weighted by atomic mass is 10.2. The quantitative estimate of drug-likeness (QED) is 0.822. The van der Waals surface area contributed by atoms with Gasteiger partial charge in [-0.1, -0.05) is 0 Å². The average molecular weight is 258 g/mol. The lowest BCUT2D eigenvalue weighted by Crippen LogP contribution is -2.40. The molecule has 0 aromatic carbocycles. The van der Waals surface area contributed by atoms with Crippen LogP contribution in [0.2, 0.25) is 0 Å². The average Bonchev–Trinajstić information content (AvgIpc) is 2.14. The van der Waals surface area contributed by atoms with Gasteiger partial charge in [-0.05, 0) is 41.0 Å². The van der Waals surface area contributed by atoms with E-state index in [0.717, 1.165) is 0 Å². The van der Waals surface area contributed by atoms with Crippen LogP contribution in [0.25, 0.3) is 0 Å². The van der Waals surface area contributed by atoms with E-state index >= 15 is 0 Å². The molecular formula is C13H26N2O3. The topological polar surface area (TPSA) is 58.6 Å². The Balaban J connectivity index is 4.00. The van der Waals surface area contributed by atoms with Crippen molar-refractivity contribution in [2.24, 2.45) is 0 Å². The summed E-state index contributed by atoms with van der Waals surface area (Å²) in [7, 11) is 0. The highest BCUT2D eigenvalue weighted by Crippen LogP contribution is 2.07. The summed E-state index contributed by atoms with van der Waals surface area (Å²) >= 11 is 0. The Hall–Kier alpha value is -1.26. The van der Waals surface area contributed by atoms with E-state index < -0.39 is 11.7 Å². The number of ether oxygens (including phenoxy) is 1. The summed E-state index contributed by atoms with van der Waals surface area (Å²) in [5.74, 6) is 0.0574. The molecule has 0 rings (SSSR count). The molecule has 0 bridgehead atoms. The van der Waals surface area contributed by atoms with E-state index in [9.17, 15) is 9.59 Å². The number of carbonyl (C=O) groups excluding carboxylic acids is 2. The monoisotopic (exact) mass is 258 g/mol. The number of amides is 2. The van der Waals surface area contributed by atoms with E-state index in [1.165, 1.54) is 0 Å². The van der Waals surface area contributed by atoms with Crippen molar-refractivity contribution in [1.82, 2.24) is 10.2 Å². The van der Waals surface area contributed by atoms with Crippen molar-refractivity contribution >= 4 is 12.0 Å². The van der Waals surface area contributed by atoms with Crippen LogP contribution in [-0.4, -0.2) is 41.6 Å². The highest BCUT2D eigenvalue weighted by molar-refractivity contribution is 5.73. The van der Waals surface area contributed by atoms with Crippen LogP contribution in [0.4, 0.5) is 4.79 Å². The van der Waals surface area contributed by atoms with Gasteiger partial charge in [0.1, 0.15) is 5.60 Å². The number of carbonyl (C=O) groups is 2. The molecule has 0 aliphatic heterocycles. The second-order valence-corrected chi connectivity index (χ2v) is 5.43. The van der Waals surface area contributed by atoms with Gasteiger partial charge >= 0.3 is 6.09 Å². The third-order valence-corrected chi connectivity index (χ3v) is 2.42. The van der Waals surface area contributed by atoms with Gasteiger partial charge < -0.3 is 15.0 Å². The molecule has 1 atom stereocenters. The Labute approximate surface area is 110 Å². The molecule has 106 valence electrons. The summed E-state index contributed by atoms with van der Waals surface area (Å²) in [6.45, 7) is 12.2. The standard InChI is InChI=1S/C13H26N2O3/c1-7-15(11(3)16)9-8-10(2)14-12(17)18-13(4,5)6/h10H,7-9H2,1-6H3,(H,14,17).